The quantitative estimate of drug-likeness (QED) is 0.795. The van der Waals surface area contributed by atoms with Gasteiger partial charge in [0.2, 0.25) is 5.91 Å². The third-order valence-electron chi connectivity index (χ3n) is 6.81. The van der Waals surface area contributed by atoms with Crippen molar-refractivity contribution >= 4 is 5.91 Å². The van der Waals surface area contributed by atoms with Gasteiger partial charge >= 0.3 is 0 Å². The molecule has 0 radical (unpaired) electrons. The third-order valence-corrected chi connectivity index (χ3v) is 6.81. The number of amides is 1. The minimum atomic E-state index is -0.103. The minimum Gasteiger partial charge on any atom is -0.375 e. The number of likely N-dealkylation sites (N-methyl/N-ethyl adjacent to an activating group) is 1. The highest BCUT2D eigenvalue weighted by Crippen LogP contribution is 2.43. The van der Waals surface area contributed by atoms with Crippen molar-refractivity contribution < 1.29 is 9.53 Å². The number of nitrogens with one attached hydrogen (secondary N) is 2. The second-order valence-corrected chi connectivity index (χ2v) is 8.95. The Balaban J connectivity index is 1.50. The lowest BCUT2D eigenvalue weighted by molar-refractivity contribution is -0.135. The molecule has 0 saturated carbocycles. The van der Waals surface area contributed by atoms with Gasteiger partial charge in [0.15, 0.2) is 0 Å². The first kappa shape index (κ1) is 18.7. The molecule has 3 aliphatic rings. The van der Waals surface area contributed by atoms with Crippen LogP contribution in [0.4, 0.5) is 0 Å². The minimum absolute atomic E-state index is 0.0295. The fourth-order valence-electron chi connectivity index (χ4n) is 5.23. The Kier molecular flexibility index (Phi) is 4.89. The monoisotopic (exact) mass is 372 g/mol. The summed E-state index contributed by atoms with van der Waals surface area (Å²) in [5, 5.41) is 12.0. The molecule has 2 aliphatic carbocycles. The zero-order valence-electron chi connectivity index (χ0n) is 16.9. The molecule has 0 aromatic carbocycles. The van der Waals surface area contributed by atoms with Crippen molar-refractivity contribution in [2.24, 2.45) is 11.8 Å². The van der Waals surface area contributed by atoms with Crippen LogP contribution in [0.2, 0.25) is 0 Å². The summed E-state index contributed by atoms with van der Waals surface area (Å²) in [4.78, 5) is 14.0. The maximum atomic E-state index is 12.2. The topological polar surface area (TPSA) is 70.2 Å². The summed E-state index contributed by atoms with van der Waals surface area (Å²) in [6.07, 6.45) is 9.98. The van der Waals surface area contributed by atoms with Gasteiger partial charge < -0.3 is 15.0 Å². The first-order valence-electron chi connectivity index (χ1n) is 10.2. The molecule has 1 fully saturated rings. The van der Waals surface area contributed by atoms with Crippen LogP contribution in [0, 0.1) is 11.8 Å². The lowest BCUT2D eigenvalue weighted by Gasteiger charge is -2.33. The summed E-state index contributed by atoms with van der Waals surface area (Å²) in [7, 11) is 3.43. The summed E-state index contributed by atoms with van der Waals surface area (Å²) in [6, 6.07) is 0.496. The van der Waals surface area contributed by atoms with E-state index in [9.17, 15) is 4.79 Å². The smallest absolute Gasteiger partial charge is 0.248 e. The van der Waals surface area contributed by atoms with E-state index in [-0.39, 0.29) is 24.1 Å². The summed E-state index contributed by atoms with van der Waals surface area (Å²) in [6.45, 7) is 4.75. The second kappa shape index (κ2) is 7.06. The van der Waals surface area contributed by atoms with E-state index < -0.39 is 0 Å². The molecule has 27 heavy (non-hydrogen) atoms. The average Bonchev–Trinajstić information content (AvgIpc) is 3.21. The molecule has 0 spiro atoms. The fraction of sp³-hybridized carbons (Fsp3) is 0.714. The molecule has 1 aromatic rings. The normalized spacial score (nSPS) is 35.0. The first-order valence-corrected chi connectivity index (χ1v) is 10.2. The van der Waals surface area contributed by atoms with Gasteiger partial charge in [0.25, 0.3) is 0 Å². The molecule has 2 heterocycles. The van der Waals surface area contributed by atoms with Crippen LogP contribution in [0.1, 0.15) is 50.1 Å². The molecule has 4 rings (SSSR count). The number of aromatic amines is 1. The maximum absolute atomic E-state index is 12.2. The molecule has 6 nitrogen and oxygen atoms in total. The summed E-state index contributed by atoms with van der Waals surface area (Å²) in [5.74, 6) is 1.26. The van der Waals surface area contributed by atoms with Crippen molar-refractivity contribution in [2.75, 3.05) is 20.8 Å². The van der Waals surface area contributed by atoms with Crippen molar-refractivity contribution in [3.8, 4) is 0 Å². The van der Waals surface area contributed by atoms with Crippen LogP contribution in [0.5, 0.6) is 0 Å². The highest BCUT2D eigenvalue weighted by molar-refractivity contribution is 5.77. The van der Waals surface area contributed by atoms with Crippen LogP contribution < -0.4 is 5.32 Å². The van der Waals surface area contributed by atoms with Gasteiger partial charge in [-0.25, -0.2) is 0 Å². The second-order valence-electron chi connectivity index (χ2n) is 8.95. The summed E-state index contributed by atoms with van der Waals surface area (Å²) < 4.78 is 5.00. The van der Waals surface area contributed by atoms with E-state index >= 15 is 0 Å². The molecule has 0 bridgehead atoms. The Morgan fingerprint density at radius 3 is 3.04 bits per heavy atom. The van der Waals surface area contributed by atoms with E-state index in [4.69, 9.17) is 9.84 Å². The summed E-state index contributed by atoms with van der Waals surface area (Å²) >= 11 is 0. The Bertz CT molecular complexity index is 743. The maximum Gasteiger partial charge on any atom is 0.248 e. The lowest BCUT2D eigenvalue weighted by atomic mass is 9.81. The number of hydrogen-bond donors (Lipinski definition) is 2. The van der Waals surface area contributed by atoms with Gasteiger partial charge in [0.1, 0.15) is 6.61 Å². The van der Waals surface area contributed by atoms with Crippen LogP contribution in [0.15, 0.2) is 12.2 Å². The van der Waals surface area contributed by atoms with Crippen LogP contribution in [0.25, 0.3) is 0 Å². The fourth-order valence-corrected chi connectivity index (χ4v) is 5.23. The van der Waals surface area contributed by atoms with Crippen LogP contribution in [-0.2, 0) is 27.9 Å². The number of hydrogen-bond acceptors (Lipinski definition) is 4. The van der Waals surface area contributed by atoms with Crippen molar-refractivity contribution in [1.82, 2.24) is 20.4 Å². The van der Waals surface area contributed by atoms with Gasteiger partial charge in [-0.2, -0.15) is 5.10 Å². The molecule has 1 aliphatic heterocycles. The lowest BCUT2D eigenvalue weighted by Crippen LogP contribution is -2.46. The van der Waals surface area contributed by atoms with Crippen molar-refractivity contribution in [2.45, 2.75) is 63.6 Å². The van der Waals surface area contributed by atoms with Gasteiger partial charge in [-0.05, 0) is 56.4 Å². The average molecular weight is 373 g/mol. The molecule has 148 valence electrons. The molecule has 2 N–H and O–H groups in total. The Morgan fingerprint density at radius 1 is 1.44 bits per heavy atom. The largest absolute Gasteiger partial charge is 0.375 e. The SMILES string of the molecule is COCC(=O)N(C)C1C=CC2C[C@](C)(c3n[nH]c4c3CCC(C)C4)NC2C1. The number of rotatable bonds is 4. The highest BCUT2D eigenvalue weighted by Gasteiger charge is 2.46. The van der Waals surface area contributed by atoms with E-state index in [1.54, 1.807) is 7.11 Å². The van der Waals surface area contributed by atoms with E-state index in [2.05, 4.69) is 36.4 Å². The highest BCUT2D eigenvalue weighted by atomic mass is 16.5. The Hall–Kier alpha value is -1.66. The number of ether oxygens (including phenoxy) is 1. The van der Waals surface area contributed by atoms with Crippen LogP contribution in [-0.4, -0.2) is 53.9 Å². The van der Waals surface area contributed by atoms with Crippen LogP contribution in [0.3, 0.4) is 0 Å². The number of carbonyl (C=O) groups excluding carboxylic acids is 1. The van der Waals surface area contributed by atoms with Gasteiger partial charge in [0.05, 0.1) is 17.3 Å². The Labute approximate surface area is 161 Å². The van der Waals surface area contributed by atoms with E-state index in [1.165, 1.54) is 23.4 Å². The zero-order chi connectivity index (χ0) is 19.2. The molecule has 5 atom stereocenters. The number of methoxy groups -OCH3 is 1. The zero-order valence-corrected chi connectivity index (χ0v) is 16.9. The standard InChI is InChI=1S/C21H32N4O2/c1-13-5-8-16-18(9-13)23-24-20(16)21(2)11-14-6-7-15(10-17(14)22-21)25(3)19(26)12-27-4/h6-7,13-15,17,22H,5,8-12H2,1-4H3,(H,23,24)/t13?,14?,15?,17?,21-/m1/s1. The predicted molar refractivity (Wildman–Crippen MR) is 104 cm³/mol. The summed E-state index contributed by atoms with van der Waals surface area (Å²) in [5.41, 5.74) is 3.89. The predicted octanol–water partition coefficient (Wildman–Crippen LogP) is 2.16. The van der Waals surface area contributed by atoms with Crippen LogP contribution >= 0.6 is 0 Å². The molecular formula is C21H32N4O2. The van der Waals surface area contributed by atoms with Gasteiger partial charge in [-0.1, -0.05) is 19.1 Å². The van der Waals surface area contributed by atoms with E-state index in [0.29, 0.717) is 12.0 Å². The van der Waals surface area contributed by atoms with Gasteiger partial charge in [0, 0.05) is 25.9 Å². The molecule has 1 saturated heterocycles. The molecule has 1 amide bonds. The molecule has 6 heteroatoms. The third kappa shape index (κ3) is 3.34. The molecule has 1 aromatic heterocycles. The van der Waals surface area contributed by atoms with Crippen molar-refractivity contribution in [3.05, 3.63) is 29.1 Å². The van der Waals surface area contributed by atoms with E-state index in [0.717, 1.165) is 31.6 Å². The number of H-pyrrole nitrogens is 1. The van der Waals surface area contributed by atoms with Crippen molar-refractivity contribution in [1.29, 1.82) is 0 Å². The first-order chi connectivity index (χ1) is 12.9. The van der Waals surface area contributed by atoms with Crippen molar-refractivity contribution in [3.63, 3.8) is 0 Å². The Morgan fingerprint density at radius 2 is 2.26 bits per heavy atom. The number of nitrogens with zero attached hydrogens (tertiary/aromatic N) is 2. The molecular weight excluding hydrogens is 340 g/mol. The van der Waals surface area contributed by atoms with Gasteiger partial charge in [-0.3, -0.25) is 9.89 Å². The number of fused-ring (bicyclic) bond motifs is 2. The number of carbonyl (C=O) groups is 1. The van der Waals surface area contributed by atoms with E-state index in [1.807, 2.05) is 11.9 Å². The van der Waals surface area contributed by atoms with Gasteiger partial charge in [-0.15, -0.1) is 0 Å². The number of aromatic nitrogens is 2. The molecule has 4 unspecified atom stereocenters.